The Morgan fingerprint density at radius 1 is 1.00 bits per heavy atom. The van der Waals surface area contributed by atoms with Crippen molar-refractivity contribution in [3.8, 4) is 0 Å². The minimum Gasteiger partial charge on any atom is -0.390 e. The number of methoxy groups -OCH3 is 1. The van der Waals surface area contributed by atoms with Crippen molar-refractivity contribution in [1.29, 1.82) is 0 Å². The number of carbonyl (C=O) groups excluding carboxylic acids is 1. The smallest absolute Gasteiger partial charge is 0.251 e. The standard InChI is InChI=1S/C30H37F2N3O5S/c1-4-21-7-5-8-22(13-21)19-33-20-29(36)28(16-23-14-25(31)18-26(32)15-23)34-30(37)24-9-6-10-27(17-24)35(11-12-40-2)41(3,38)39/h5-10,13-15,17-18,28-29,33,36H,4,11-12,16,19-20H2,1-3H3,(H,34,37). The van der Waals surface area contributed by atoms with E-state index in [0.717, 1.165) is 40.7 Å². The van der Waals surface area contributed by atoms with Gasteiger partial charge in [-0.3, -0.25) is 9.10 Å². The van der Waals surface area contributed by atoms with Crippen LogP contribution in [0.1, 0.15) is 34.0 Å². The van der Waals surface area contributed by atoms with E-state index in [-0.39, 0.29) is 42.9 Å². The highest BCUT2D eigenvalue weighted by Crippen LogP contribution is 2.20. The third kappa shape index (κ3) is 9.89. The summed E-state index contributed by atoms with van der Waals surface area (Å²) in [6.45, 7) is 2.84. The van der Waals surface area contributed by atoms with Gasteiger partial charge < -0.3 is 20.5 Å². The average molecular weight is 590 g/mol. The zero-order valence-corrected chi connectivity index (χ0v) is 24.3. The number of anilines is 1. The minimum absolute atomic E-state index is 0.0441. The molecule has 0 heterocycles. The highest BCUT2D eigenvalue weighted by Gasteiger charge is 2.24. The summed E-state index contributed by atoms with van der Waals surface area (Å²) in [7, 11) is -2.20. The maximum Gasteiger partial charge on any atom is 0.251 e. The van der Waals surface area contributed by atoms with E-state index in [1.165, 1.54) is 24.8 Å². The van der Waals surface area contributed by atoms with E-state index >= 15 is 0 Å². The minimum atomic E-state index is -3.65. The zero-order chi connectivity index (χ0) is 30.0. The van der Waals surface area contributed by atoms with Gasteiger partial charge in [0.05, 0.1) is 37.2 Å². The summed E-state index contributed by atoms with van der Waals surface area (Å²) < 4.78 is 58.7. The quantitative estimate of drug-likeness (QED) is 0.251. The predicted molar refractivity (Wildman–Crippen MR) is 155 cm³/mol. The molecule has 222 valence electrons. The zero-order valence-electron chi connectivity index (χ0n) is 23.4. The summed E-state index contributed by atoms with van der Waals surface area (Å²) >= 11 is 0. The van der Waals surface area contributed by atoms with Crippen LogP contribution in [0.15, 0.2) is 66.7 Å². The van der Waals surface area contributed by atoms with Crippen LogP contribution in [0.5, 0.6) is 0 Å². The van der Waals surface area contributed by atoms with Crippen molar-refractivity contribution in [3.63, 3.8) is 0 Å². The van der Waals surface area contributed by atoms with Crippen LogP contribution in [0, 0.1) is 11.6 Å². The molecule has 0 bridgehead atoms. The summed E-state index contributed by atoms with van der Waals surface area (Å²) in [5, 5.41) is 17.0. The van der Waals surface area contributed by atoms with Gasteiger partial charge in [0.2, 0.25) is 10.0 Å². The van der Waals surface area contributed by atoms with Crippen LogP contribution in [0.25, 0.3) is 0 Å². The second kappa shape index (κ2) is 15.0. The van der Waals surface area contributed by atoms with Crippen LogP contribution in [-0.4, -0.2) is 64.6 Å². The Bertz CT molecular complexity index is 1400. The second-order valence-electron chi connectivity index (χ2n) is 9.81. The Morgan fingerprint density at radius 2 is 1.68 bits per heavy atom. The number of halogens is 2. The van der Waals surface area contributed by atoms with Gasteiger partial charge in [-0.2, -0.15) is 0 Å². The van der Waals surface area contributed by atoms with E-state index in [1.54, 1.807) is 12.1 Å². The fraction of sp³-hybridized carbons (Fsp3) is 0.367. The van der Waals surface area contributed by atoms with Gasteiger partial charge >= 0.3 is 0 Å². The third-order valence-corrected chi connectivity index (χ3v) is 7.73. The molecule has 1 amide bonds. The fourth-order valence-electron chi connectivity index (χ4n) is 4.45. The van der Waals surface area contributed by atoms with Crippen molar-refractivity contribution in [1.82, 2.24) is 10.6 Å². The van der Waals surface area contributed by atoms with Gasteiger partial charge in [0, 0.05) is 31.8 Å². The lowest BCUT2D eigenvalue weighted by Crippen LogP contribution is -2.48. The molecule has 0 aromatic heterocycles. The van der Waals surface area contributed by atoms with Crippen molar-refractivity contribution < 1.29 is 31.8 Å². The molecule has 0 spiro atoms. The molecule has 0 fully saturated rings. The van der Waals surface area contributed by atoms with Gasteiger partial charge in [0.1, 0.15) is 11.6 Å². The summed E-state index contributed by atoms with van der Waals surface area (Å²) in [5.41, 5.74) is 2.91. The van der Waals surface area contributed by atoms with E-state index in [9.17, 15) is 27.1 Å². The molecule has 11 heteroatoms. The Hall–Kier alpha value is -3.38. The van der Waals surface area contributed by atoms with E-state index < -0.39 is 39.7 Å². The summed E-state index contributed by atoms with van der Waals surface area (Å²) in [4.78, 5) is 13.3. The van der Waals surface area contributed by atoms with Gasteiger partial charge in [0.25, 0.3) is 5.91 Å². The molecule has 0 radical (unpaired) electrons. The predicted octanol–water partition coefficient (Wildman–Crippen LogP) is 3.43. The molecular formula is C30H37F2N3O5S. The van der Waals surface area contributed by atoms with E-state index in [0.29, 0.717) is 6.54 Å². The molecule has 0 saturated carbocycles. The van der Waals surface area contributed by atoms with Gasteiger partial charge in [-0.25, -0.2) is 17.2 Å². The number of benzene rings is 3. The number of aryl methyl sites for hydroxylation is 1. The van der Waals surface area contributed by atoms with Crippen LogP contribution in [0.4, 0.5) is 14.5 Å². The first kappa shape index (κ1) is 32.1. The monoisotopic (exact) mass is 589 g/mol. The highest BCUT2D eigenvalue weighted by atomic mass is 32.2. The van der Waals surface area contributed by atoms with Crippen molar-refractivity contribution in [2.75, 3.05) is 37.4 Å². The number of amides is 1. The normalized spacial score (nSPS) is 13.0. The first-order valence-corrected chi connectivity index (χ1v) is 15.1. The fourth-order valence-corrected chi connectivity index (χ4v) is 5.35. The number of rotatable bonds is 15. The lowest BCUT2D eigenvalue weighted by Gasteiger charge is -2.26. The molecular weight excluding hydrogens is 552 g/mol. The lowest BCUT2D eigenvalue weighted by molar-refractivity contribution is 0.0830. The first-order chi connectivity index (χ1) is 19.5. The number of aliphatic hydroxyl groups is 1. The van der Waals surface area contributed by atoms with Crippen molar-refractivity contribution in [3.05, 3.63) is 101 Å². The molecule has 3 aromatic rings. The molecule has 0 aliphatic carbocycles. The van der Waals surface area contributed by atoms with Crippen molar-refractivity contribution in [2.24, 2.45) is 0 Å². The van der Waals surface area contributed by atoms with Crippen LogP contribution < -0.4 is 14.9 Å². The third-order valence-electron chi connectivity index (χ3n) is 6.54. The topological polar surface area (TPSA) is 108 Å². The maximum absolute atomic E-state index is 13.9. The van der Waals surface area contributed by atoms with Gasteiger partial charge in [-0.15, -0.1) is 0 Å². The van der Waals surface area contributed by atoms with Crippen LogP contribution in [0.3, 0.4) is 0 Å². The van der Waals surface area contributed by atoms with Gasteiger partial charge in [-0.05, 0) is 59.9 Å². The molecule has 0 saturated heterocycles. The Kier molecular flexibility index (Phi) is 11.8. The molecule has 2 unspecified atom stereocenters. The van der Waals surface area contributed by atoms with Crippen LogP contribution >= 0.6 is 0 Å². The molecule has 3 rings (SSSR count). The lowest BCUT2D eigenvalue weighted by atomic mass is 10.00. The molecule has 3 N–H and O–H groups in total. The van der Waals surface area contributed by atoms with E-state index in [1.807, 2.05) is 18.2 Å². The maximum atomic E-state index is 13.9. The van der Waals surface area contributed by atoms with Gasteiger partial charge in [0.15, 0.2) is 0 Å². The van der Waals surface area contributed by atoms with Crippen molar-refractivity contribution >= 4 is 21.6 Å². The van der Waals surface area contributed by atoms with Crippen LogP contribution in [-0.2, 0) is 34.1 Å². The number of nitrogens with one attached hydrogen (secondary N) is 2. The summed E-state index contributed by atoms with van der Waals surface area (Å²) in [5.74, 6) is -2.11. The second-order valence-corrected chi connectivity index (χ2v) is 11.7. The number of aliphatic hydroxyl groups excluding tert-OH is 1. The van der Waals surface area contributed by atoms with E-state index in [2.05, 4.69) is 23.6 Å². The molecule has 41 heavy (non-hydrogen) atoms. The Balaban J connectivity index is 1.79. The van der Waals surface area contributed by atoms with E-state index in [4.69, 9.17) is 4.74 Å². The molecule has 8 nitrogen and oxygen atoms in total. The van der Waals surface area contributed by atoms with Gasteiger partial charge in [-0.1, -0.05) is 37.3 Å². The largest absolute Gasteiger partial charge is 0.390 e. The Labute approximate surface area is 240 Å². The summed E-state index contributed by atoms with van der Waals surface area (Å²) in [6.07, 6.45) is 0.796. The number of carbonyl (C=O) groups is 1. The molecule has 0 aliphatic rings. The number of hydrogen-bond acceptors (Lipinski definition) is 6. The van der Waals surface area contributed by atoms with Crippen LogP contribution in [0.2, 0.25) is 0 Å². The SMILES string of the molecule is CCc1cccc(CNCC(O)C(Cc2cc(F)cc(F)c2)NC(=O)c2cccc(N(CCOC)S(C)(=O)=O)c2)c1. The molecule has 3 aromatic carbocycles. The number of sulfonamides is 1. The average Bonchev–Trinajstić information content (AvgIpc) is 2.92. The first-order valence-electron chi connectivity index (χ1n) is 13.3. The highest BCUT2D eigenvalue weighted by molar-refractivity contribution is 7.92. The number of hydrogen-bond donors (Lipinski definition) is 3. The number of nitrogens with zero attached hydrogens (tertiary/aromatic N) is 1. The molecule has 2 atom stereocenters. The Morgan fingerprint density at radius 3 is 2.34 bits per heavy atom. The molecule has 0 aliphatic heterocycles. The van der Waals surface area contributed by atoms with Crippen molar-refractivity contribution in [2.45, 2.75) is 38.5 Å². The number of ether oxygens (including phenoxy) is 1. The summed E-state index contributed by atoms with van der Waals surface area (Å²) in [6, 6.07) is 16.2.